The van der Waals surface area contributed by atoms with E-state index in [2.05, 4.69) is 0 Å². The molecule has 0 bridgehead atoms. The molecule has 2 aliphatic carbocycles. The summed E-state index contributed by atoms with van der Waals surface area (Å²) in [4.78, 5) is 44.5. The van der Waals surface area contributed by atoms with Gasteiger partial charge in [0, 0.05) is 44.6 Å². The highest BCUT2D eigenvalue weighted by Crippen LogP contribution is 2.44. The van der Waals surface area contributed by atoms with Gasteiger partial charge in [-0.25, -0.2) is 4.79 Å². The number of carbonyl (C=O) groups excluding carboxylic acids is 3. The third kappa shape index (κ3) is 5.78. The van der Waals surface area contributed by atoms with Crippen LogP contribution in [0, 0.1) is 17.8 Å². The van der Waals surface area contributed by atoms with Gasteiger partial charge in [-0.2, -0.15) is 0 Å². The Hall–Kier alpha value is -1.83. The normalized spacial score (nSPS) is 34.5. The van der Waals surface area contributed by atoms with Crippen molar-refractivity contribution in [1.29, 1.82) is 0 Å². The highest BCUT2D eigenvalue weighted by molar-refractivity contribution is 5.79. The Morgan fingerprint density at radius 2 is 1.51 bits per heavy atom. The molecule has 2 saturated carbocycles. The molecular weight excluding hydrogens is 444 g/mol. The number of hydrogen-bond donors (Lipinski definition) is 1. The first-order valence-electron chi connectivity index (χ1n) is 14.0. The van der Waals surface area contributed by atoms with E-state index in [1.54, 1.807) is 6.92 Å². The first-order chi connectivity index (χ1) is 16.7. The fourth-order valence-corrected chi connectivity index (χ4v) is 7.32. The van der Waals surface area contributed by atoms with Crippen molar-refractivity contribution in [3.8, 4) is 0 Å². The van der Waals surface area contributed by atoms with Gasteiger partial charge in [0.2, 0.25) is 11.8 Å². The van der Waals surface area contributed by atoms with Gasteiger partial charge >= 0.3 is 6.09 Å². The quantitative estimate of drug-likeness (QED) is 0.654. The second-order valence-electron chi connectivity index (χ2n) is 11.8. The molecule has 4 aliphatic rings. The average Bonchev–Trinajstić information content (AvgIpc) is 2.82. The van der Waals surface area contributed by atoms with Crippen molar-refractivity contribution in [3.63, 3.8) is 0 Å². The maximum absolute atomic E-state index is 13.1. The fraction of sp³-hybridized carbons (Fsp3) is 0.889. The maximum Gasteiger partial charge on any atom is 0.410 e. The summed E-state index contributed by atoms with van der Waals surface area (Å²) in [5, 5.41) is 0. The van der Waals surface area contributed by atoms with Crippen molar-refractivity contribution in [3.05, 3.63) is 0 Å². The lowest BCUT2D eigenvalue weighted by molar-refractivity contribution is -0.142. The predicted molar refractivity (Wildman–Crippen MR) is 134 cm³/mol. The molecule has 0 radical (unpaired) electrons. The lowest BCUT2D eigenvalue weighted by atomic mass is 9.68. The molecule has 3 amide bonds. The Bertz CT molecular complexity index is 773. The van der Waals surface area contributed by atoms with E-state index in [-0.39, 0.29) is 48.2 Å². The molecule has 2 aliphatic heterocycles. The molecule has 4 atom stereocenters. The van der Waals surface area contributed by atoms with Crippen LogP contribution in [0.15, 0.2) is 0 Å². The Balaban J connectivity index is 1.38. The summed E-state index contributed by atoms with van der Waals surface area (Å²) in [6.45, 7) is 9.58. The zero-order valence-corrected chi connectivity index (χ0v) is 22.2. The van der Waals surface area contributed by atoms with E-state index < -0.39 is 0 Å². The molecule has 0 aromatic carbocycles. The highest BCUT2D eigenvalue weighted by Gasteiger charge is 2.48. The van der Waals surface area contributed by atoms with Crippen molar-refractivity contribution in [2.75, 3.05) is 19.6 Å². The first-order valence-corrected chi connectivity index (χ1v) is 14.0. The third-order valence-corrected chi connectivity index (χ3v) is 9.09. The number of fused-ring (bicyclic) bond motifs is 1. The number of nitrogens with zero attached hydrogens (tertiary/aromatic N) is 3. The maximum atomic E-state index is 13.1. The molecule has 35 heavy (non-hydrogen) atoms. The average molecular weight is 491 g/mol. The van der Waals surface area contributed by atoms with Crippen molar-refractivity contribution in [1.82, 2.24) is 14.7 Å². The zero-order chi connectivity index (χ0) is 25.3. The van der Waals surface area contributed by atoms with E-state index in [0.29, 0.717) is 24.3 Å². The summed E-state index contributed by atoms with van der Waals surface area (Å²) < 4.78 is 5.60. The summed E-state index contributed by atoms with van der Waals surface area (Å²) >= 11 is 0. The van der Waals surface area contributed by atoms with E-state index in [4.69, 9.17) is 10.5 Å². The van der Waals surface area contributed by atoms with Crippen LogP contribution in [0.2, 0.25) is 0 Å². The van der Waals surface area contributed by atoms with Gasteiger partial charge in [0.05, 0.1) is 18.2 Å². The second-order valence-corrected chi connectivity index (χ2v) is 11.8. The summed E-state index contributed by atoms with van der Waals surface area (Å²) in [7, 11) is 0. The van der Waals surface area contributed by atoms with E-state index >= 15 is 0 Å². The molecule has 0 aromatic rings. The lowest BCUT2D eigenvalue weighted by Crippen LogP contribution is -2.67. The first kappa shape index (κ1) is 26.2. The molecule has 2 N–H and O–H groups in total. The molecule has 0 spiro atoms. The van der Waals surface area contributed by atoms with Gasteiger partial charge in [0.15, 0.2) is 0 Å². The Kier molecular flexibility index (Phi) is 8.29. The second kappa shape index (κ2) is 11.1. The number of carbonyl (C=O) groups is 3. The summed E-state index contributed by atoms with van der Waals surface area (Å²) in [6.07, 6.45) is 8.43. The van der Waals surface area contributed by atoms with Crippen LogP contribution in [-0.4, -0.2) is 82.5 Å². The van der Waals surface area contributed by atoms with E-state index in [1.165, 1.54) is 0 Å². The molecule has 2 heterocycles. The number of nitrogens with two attached hydrogens (primary N) is 1. The van der Waals surface area contributed by atoms with Gasteiger partial charge < -0.3 is 25.2 Å². The standard InChI is InChI=1S/C27H46N4O4/c1-17(2)35-27(34)30-16-18(3)31(19(4)32)24-10-9-22(15-25(24)30)20-5-7-21(8-6-20)26(33)29-13-11-23(28)12-14-29/h17-18,20-25H,5-16,28H2,1-4H3/t18-,20?,21?,22?,24?,25?/m0/s1. The van der Waals surface area contributed by atoms with Crippen LogP contribution >= 0.6 is 0 Å². The molecule has 8 heteroatoms. The minimum absolute atomic E-state index is 0.00389. The molecular formula is C27H46N4O4. The number of hydrogen-bond acceptors (Lipinski definition) is 5. The fourth-order valence-electron chi connectivity index (χ4n) is 7.32. The largest absolute Gasteiger partial charge is 0.447 e. The van der Waals surface area contributed by atoms with Crippen LogP contribution in [0.25, 0.3) is 0 Å². The van der Waals surface area contributed by atoms with Crippen LogP contribution in [0.5, 0.6) is 0 Å². The Morgan fingerprint density at radius 1 is 0.886 bits per heavy atom. The third-order valence-electron chi connectivity index (χ3n) is 9.09. The van der Waals surface area contributed by atoms with Crippen molar-refractivity contribution < 1.29 is 19.1 Å². The van der Waals surface area contributed by atoms with Crippen LogP contribution in [0.4, 0.5) is 4.79 Å². The SMILES string of the molecule is CC(=O)N1C2CCC(C3CCC(C(=O)N4CCC(N)CC4)CC3)CC2N(C(=O)OC(C)C)C[C@@H]1C. The van der Waals surface area contributed by atoms with Crippen LogP contribution in [0.3, 0.4) is 0 Å². The van der Waals surface area contributed by atoms with Gasteiger partial charge in [-0.3, -0.25) is 9.59 Å². The molecule has 2 saturated heterocycles. The topological polar surface area (TPSA) is 96.2 Å². The summed E-state index contributed by atoms with van der Waals surface area (Å²) in [6, 6.07) is 0.312. The molecule has 0 aromatic heterocycles. The van der Waals surface area contributed by atoms with Gasteiger partial charge in [-0.15, -0.1) is 0 Å². The smallest absolute Gasteiger partial charge is 0.410 e. The Morgan fingerprint density at radius 3 is 2.11 bits per heavy atom. The van der Waals surface area contributed by atoms with Crippen molar-refractivity contribution in [2.24, 2.45) is 23.5 Å². The number of rotatable bonds is 3. The predicted octanol–water partition coefficient (Wildman–Crippen LogP) is 3.38. The zero-order valence-electron chi connectivity index (χ0n) is 22.2. The van der Waals surface area contributed by atoms with E-state index in [0.717, 1.165) is 70.9 Å². The van der Waals surface area contributed by atoms with Crippen LogP contribution < -0.4 is 5.73 Å². The van der Waals surface area contributed by atoms with Crippen LogP contribution in [0.1, 0.15) is 85.5 Å². The minimum atomic E-state index is -0.249. The van der Waals surface area contributed by atoms with Crippen molar-refractivity contribution >= 4 is 17.9 Å². The minimum Gasteiger partial charge on any atom is -0.447 e. The molecule has 198 valence electrons. The lowest BCUT2D eigenvalue weighted by Gasteiger charge is -2.54. The van der Waals surface area contributed by atoms with Crippen molar-refractivity contribution in [2.45, 2.75) is 116 Å². The highest BCUT2D eigenvalue weighted by atomic mass is 16.6. The summed E-state index contributed by atoms with van der Waals surface area (Å²) in [5.74, 6) is 1.69. The molecule has 4 rings (SSSR count). The van der Waals surface area contributed by atoms with Gasteiger partial charge in [0.1, 0.15) is 0 Å². The van der Waals surface area contributed by atoms with Crippen LogP contribution in [-0.2, 0) is 14.3 Å². The molecule has 8 nitrogen and oxygen atoms in total. The van der Waals surface area contributed by atoms with E-state index in [9.17, 15) is 14.4 Å². The number of likely N-dealkylation sites (tertiary alicyclic amines) is 1. The number of piperazine rings is 1. The summed E-state index contributed by atoms with van der Waals surface area (Å²) in [5.41, 5.74) is 6.02. The number of piperidine rings is 1. The molecule has 3 unspecified atom stereocenters. The van der Waals surface area contributed by atoms with Gasteiger partial charge in [-0.1, -0.05) is 0 Å². The monoisotopic (exact) mass is 490 g/mol. The van der Waals surface area contributed by atoms with E-state index in [1.807, 2.05) is 35.5 Å². The molecule has 4 fully saturated rings. The van der Waals surface area contributed by atoms with Gasteiger partial charge in [0.25, 0.3) is 0 Å². The Labute approximate surface area is 210 Å². The number of amides is 3. The number of ether oxygens (including phenoxy) is 1. The van der Waals surface area contributed by atoms with Gasteiger partial charge in [-0.05, 0) is 90.4 Å².